The first-order valence-corrected chi connectivity index (χ1v) is 7.04. The highest BCUT2D eigenvalue weighted by Gasteiger charge is 2.36. The van der Waals surface area contributed by atoms with Gasteiger partial charge < -0.3 is 15.2 Å². The first-order chi connectivity index (χ1) is 9.95. The number of nitrogens with zero attached hydrogens (tertiary/aromatic N) is 1. The zero-order valence-electron chi connectivity index (χ0n) is 12.4. The molecule has 1 atom stereocenters. The largest absolute Gasteiger partial charge is 0.434 e. The van der Waals surface area contributed by atoms with Crippen LogP contribution in [0, 0.1) is 0 Å². The zero-order chi connectivity index (χ0) is 15.5. The predicted molar refractivity (Wildman–Crippen MR) is 76.5 cm³/mol. The molecule has 1 heterocycles. The lowest BCUT2D eigenvalue weighted by molar-refractivity contribution is -0.0746. The number of ether oxygens (including phenoxy) is 2. The maximum atomic E-state index is 12.6. The van der Waals surface area contributed by atoms with E-state index in [1.165, 1.54) is 0 Å². The molecule has 0 bridgehead atoms. The number of nitrogens with two attached hydrogens (primary N) is 1. The molecule has 21 heavy (non-hydrogen) atoms. The topological polar surface area (TPSA) is 47.7 Å². The van der Waals surface area contributed by atoms with Crippen molar-refractivity contribution < 1.29 is 18.3 Å². The molecule has 0 radical (unpaired) electrons. The Labute approximate surface area is 123 Å². The van der Waals surface area contributed by atoms with Crippen molar-refractivity contribution in [1.82, 2.24) is 4.90 Å². The summed E-state index contributed by atoms with van der Waals surface area (Å²) in [5.74, 6) is 0.185. The van der Waals surface area contributed by atoms with Crippen LogP contribution < -0.4 is 10.5 Å². The summed E-state index contributed by atoms with van der Waals surface area (Å²) < 4.78 is 35.3. The minimum atomic E-state index is -2.85. The van der Waals surface area contributed by atoms with E-state index in [-0.39, 0.29) is 17.3 Å². The van der Waals surface area contributed by atoms with Gasteiger partial charge in [-0.2, -0.15) is 8.78 Å². The minimum Gasteiger partial charge on any atom is -0.434 e. The summed E-state index contributed by atoms with van der Waals surface area (Å²) in [6.45, 7) is 3.50. The van der Waals surface area contributed by atoms with E-state index < -0.39 is 6.61 Å². The van der Waals surface area contributed by atoms with Crippen LogP contribution in [0.2, 0.25) is 0 Å². The van der Waals surface area contributed by atoms with E-state index in [9.17, 15) is 8.78 Å². The SMILES string of the molecule is CC1(C)COCCN1C(CN)c1ccccc1OC(F)F. The van der Waals surface area contributed by atoms with Gasteiger partial charge >= 0.3 is 6.61 Å². The molecule has 0 spiro atoms. The summed E-state index contributed by atoms with van der Waals surface area (Å²) >= 11 is 0. The fourth-order valence-corrected chi connectivity index (χ4v) is 2.83. The third kappa shape index (κ3) is 3.70. The van der Waals surface area contributed by atoms with Crippen LogP contribution >= 0.6 is 0 Å². The predicted octanol–water partition coefficient (Wildman–Crippen LogP) is 2.40. The Kier molecular flexibility index (Phi) is 5.13. The molecule has 2 N–H and O–H groups in total. The van der Waals surface area contributed by atoms with Gasteiger partial charge in [-0.05, 0) is 19.9 Å². The Bertz CT molecular complexity index is 469. The molecular weight excluding hydrogens is 278 g/mol. The number of rotatable bonds is 5. The number of benzene rings is 1. The smallest absolute Gasteiger partial charge is 0.387 e. The van der Waals surface area contributed by atoms with Gasteiger partial charge in [-0.25, -0.2) is 0 Å². The van der Waals surface area contributed by atoms with Gasteiger partial charge in [0.15, 0.2) is 0 Å². The van der Waals surface area contributed by atoms with Crippen LogP contribution in [0.5, 0.6) is 5.75 Å². The summed E-state index contributed by atoms with van der Waals surface area (Å²) in [6.07, 6.45) is 0. The molecule has 1 saturated heterocycles. The van der Waals surface area contributed by atoms with Crippen molar-refractivity contribution in [2.24, 2.45) is 5.73 Å². The maximum absolute atomic E-state index is 12.6. The molecule has 0 aromatic heterocycles. The van der Waals surface area contributed by atoms with Gasteiger partial charge in [-0.15, -0.1) is 0 Å². The Balaban J connectivity index is 2.32. The molecule has 2 rings (SSSR count). The summed E-state index contributed by atoms with van der Waals surface area (Å²) in [5, 5.41) is 0. The highest BCUT2D eigenvalue weighted by molar-refractivity contribution is 5.36. The molecule has 0 aliphatic carbocycles. The fraction of sp³-hybridized carbons (Fsp3) is 0.600. The van der Waals surface area contributed by atoms with E-state index in [1.54, 1.807) is 18.2 Å². The molecule has 118 valence electrons. The molecule has 4 nitrogen and oxygen atoms in total. The maximum Gasteiger partial charge on any atom is 0.387 e. The van der Waals surface area contributed by atoms with Crippen molar-refractivity contribution in [3.63, 3.8) is 0 Å². The van der Waals surface area contributed by atoms with Gasteiger partial charge in [0.05, 0.1) is 19.3 Å². The van der Waals surface area contributed by atoms with Crippen molar-refractivity contribution in [3.05, 3.63) is 29.8 Å². The Morgan fingerprint density at radius 1 is 1.38 bits per heavy atom. The lowest BCUT2D eigenvalue weighted by Crippen LogP contribution is -2.55. The first-order valence-electron chi connectivity index (χ1n) is 7.04. The minimum absolute atomic E-state index is 0.182. The molecule has 6 heteroatoms. The standard InChI is InChI=1S/C15H22F2N2O2/c1-15(2)10-20-8-7-19(15)12(9-18)11-5-3-4-6-13(11)21-14(16)17/h3-6,12,14H,7-10,18H2,1-2H3. The molecule has 1 aromatic carbocycles. The quantitative estimate of drug-likeness (QED) is 0.907. The van der Waals surface area contributed by atoms with Crippen molar-refractivity contribution in [2.75, 3.05) is 26.3 Å². The lowest BCUT2D eigenvalue weighted by atomic mass is 9.95. The summed E-state index contributed by atoms with van der Waals surface area (Å²) in [7, 11) is 0. The van der Waals surface area contributed by atoms with Crippen LogP contribution in [0.25, 0.3) is 0 Å². The lowest BCUT2D eigenvalue weighted by Gasteiger charge is -2.46. The molecule has 1 aromatic rings. The second-order valence-corrected chi connectivity index (χ2v) is 5.73. The van der Waals surface area contributed by atoms with Crippen LogP contribution in [0.15, 0.2) is 24.3 Å². The van der Waals surface area contributed by atoms with E-state index in [2.05, 4.69) is 23.5 Å². The monoisotopic (exact) mass is 300 g/mol. The van der Waals surface area contributed by atoms with E-state index in [4.69, 9.17) is 10.5 Å². The van der Waals surface area contributed by atoms with Crippen LogP contribution in [0.1, 0.15) is 25.5 Å². The van der Waals surface area contributed by atoms with Crippen molar-refractivity contribution in [2.45, 2.75) is 32.0 Å². The van der Waals surface area contributed by atoms with E-state index in [1.807, 2.05) is 6.07 Å². The second kappa shape index (κ2) is 6.68. The second-order valence-electron chi connectivity index (χ2n) is 5.73. The summed E-state index contributed by atoms with van der Waals surface area (Å²) in [6, 6.07) is 6.65. The van der Waals surface area contributed by atoms with Crippen molar-refractivity contribution in [3.8, 4) is 5.75 Å². The third-order valence-corrected chi connectivity index (χ3v) is 3.80. The Morgan fingerprint density at radius 2 is 2.10 bits per heavy atom. The zero-order valence-corrected chi connectivity index (χ0v) is 12.4. The fourth-order valence-electron chi connectivity index (χ4n) is 2.83. The highest BCUT2D eigenvalue weighted by Crippen LogP contribution is 2.35. The van der Waals surface area contributed by atoms with Gasteiger partial charge in [0.25, 0.3) is 0 Å². The Morgan fingerprint density at radius 3 is 2.71 bits per heavy atom. The van der Waals surface area contributed by atoms with Gasteiger partial charge in [0, 0.05) is 24.2 Å². The van der Waals surface area contributed by atoms with Crippen LogP contribution in [-0.4, -0.2) is 43.4 Å². The molecule has 1 aliphatic heterocycles. The van der Waals surface area contributed by atoms with Crippen LogP contribution in [-0.2, 0) is 4.74 Å². The van der Waals surface area contributed by atoms with Gasteiger partial charge in [0.1, 0.15) is 5.75 Å². The van der Waals surface area contributed by atoms with E-state index >= 15 is 0 Å². The highest BCUT2D eigenvalue weighted by atomic mass is 19.3. The average Bonchev–Trinajstić information content (AvgIpc) is 2.42. The van der Waals surface area contributed by atoms with E-state index in [0.717, 1.165) is 0 Å². The molecule has 0 saturated carbocycles. The van der Waals surface area contributed by atoms with Gasteiger partial charge in [-0.3, -0.25) is 4.90 Å². The van der Waals surface area contributed by atoms with Gasteiger partial charge in [-0.1, -0.05) is 18.2 Å². The molecular formula is C15H22F2N2O2. The third-order valence-electron chi connectivity index (χ3n) is 3.80. The summed E-state index contributed by atoms with van der Waals surface area (Å²) in [4.78, 5) is 2.20. The van der Waals surface area contributed by atoms with Crippen molar-refractivity contribution in [1.29, 1.82) is 0 Å². The number of hydrogen-bond acceptors (Lipinski definition) is 4. The molecule has 1 aliphatic rings. The average molecular weight is 300 g/mol. The number of morpholine rings is 1. The van der Waals surface area contributed by atoms with Crippen LogP contribution in [0.4, 0.5) is 8.78 Å². The Hall–Kier alpha value is -1.24. The van der Waals surface area contributed by atoms with E-state index in [0.29, 0.717) is 31.9 Å². The number of hydrogen-bond donors (Lipinski definition) is 1. The number of halogens is 2. The number of para-hydroxylation sites is 1. The summed E-state index contributed by atoms with van der Waals surface area (Å²) in [5.41, 5.74) is 6.41. The van der Waals surface area contributed by atoms with Gasteiger partial charge in [0.2, 0.25) is 0 Å². The molecule has 0 amide bonds. The molecule has 1 unspecified atom stereocenters. The van der Waals surface area contributed by atoms with Crippen LogP contribution in [0.3, 0.4) is 0 Å². The normalized spacial score (nSPS) is 20.5. The first kappa shape index (κ1) is 16.1. The van der Waals surface area contributed by atoms with Crippen molar-refractivity contribution >= 4 is 0 Å². The number of alkyl halides is 2. The molecule has 1 fully saturated rings.